The molecule has 4 heteroatoms. The molecular formula is C10H18N2OS. The number of nitrogens with one attached hydrogen (secondary N) is 1. The molecule has 2 atom stereocenters. The summed E-state index contributed by atoms with van der Waals surface area (Å²) >= 11 is 4.94. The molecule has 0 aromatic rings. The van der Waals surface area contributed by atoms with E-state index in [0.29, 0.717) is 10.9 Å². The second kappa shape index (κ2) is 4.73. The van der Waals surface area contributed by atoms with Crippen molar-refractivity contribution in [1.82, 2.24) is 5.32 Å². The third-order valence-corrected chi connectivity index (χ3v) is 3.01. The van der Waals surface area contributed by atoms with E-state index in [0.717, 1.165) is 19.3 Å². The summed E-state index contributed by atoms with van der Waals surface area (Å²) in [6.07, 6.45) is 3.10. The largest absolute Gasteiger partial charge is 0.392 e. The lowest BCUT2D eigenvalue weighted by molar-refractivity contribution is -0.125. The van der Waals surface area contributed by atoms with E-state index in [-0.39, 0.29) is 17.9 Å². The Kier molecular flexibility index (Phi) is 3.86. The van der Waals surface area contributed by atoms with Crippen LogP contribution in [-0.2, 0) is 4.79 Å². The maximum Gasteiger partial charge on any atom is 0.223 e. The van der Waals surface area contributed by atoms with Gasteiger partial charge in [0.15, 0.2) is 0 Å². The molecule has 0 aliphatic heterocycles. The molecule has 1 aliphatic carbocycles. The van der Waals surface area contributed by atoms with Crippen LogP contribution in [0.5, 0.6) is 0 Å². The summed E-state index contributed by atoms with van der Waals surface area (Å²) in [4.78, 5) is 12.0. The van der Waals surface area contributed by atoms with Gasteiger partial charge in [-0.1, -0.05) is 26.1 Å². The molecule has 0 saturated heterocycles. The van der Waals surface area contributed by atoms with Gasteiger partial charge in [-0.05, 0) is 25.2 Å². The quantitative estimate of drug-likeness (QED) is 0.676. The molecule has 2 unspecified atom stereocenters. The zero-order valence-corrected chi connectivity index (χ0v) is 9.56. The van der Waals surface area contributed by atoms with Crippen molar-refractivity contribution >= 4 is 23.1 Å². The Hall–Kier alpha value is -0.640. The van der Waals surface area contributed by atoms with Crippen molar-refractivity contribution in [3.05, 3.63) is 0 Å². The fraction of sp³-hybridized carbons (Fsp3) is 0.800. The molecule has 1 aliphatic rings. The first kappa shape index (κ1) is 11.4. The third kappa shape index (κ3) is 2.94. The lowest BCUT2D eigenvalue weighted by atomic mass is 10.1. The monoisotopic (exact) mass is 214 g/mol. The molecular weight excluding hydrogens is 196 g/mol. The molecule has 14 heavy (non-hydrogen) atoms. The average molecular weight is 214 g/mol. The zero-order valence-electron chi connectivity index (χ0n) is 8.75. The van der Waals surface area contributed by atoms with E-state index in [2.05, 4.69) is 5.32 Å². The number of rotatable bonds is 5. The van der Waals surface area contributed by atoms with Gasteiger partial charge in [0.05, 0.1) is 11.0 Å². The Morgan fingerprint density at radius 3 is 2.57 bits per heavy atom. The smallest absolute Gasteiger partial charge is 0.223 e. The molecule has 0 heterocycles. The van der Waals surface area contributed by atoms with Crippen molar-refractivity contribution < 1.29 is 4.79 Å². The van der Waals surface area contributed by atoms with Crippen LogP contribution < -0.4 is 11.1 Å². The summed E-state index contributed by atoms with van der Waals surface area (Å²) in [5.41, 5.74) is 5.58. The zero-order chi connectivity index (χ0) is 10.7. The van der Waals surface area contributed by atoms with E-state index in [4.69, 9.17) is 18.0 Å². The van der Waals surface area contributed by atoms with Gasteiger partial charge in [0.2, 0.25) is 5.91 Å². The highest BCUT2D eigenvalue weighted by atomic mass is 32.1. The normalized spacial score (nSPS) is 19.9. The second-order valence-electron chi connectivity index (χ2n) is 4.04. The first-order valence-electron chi connectivity index (χ1n) is 5.16. The molecule has 0 radical (unpaired) electrons. The number of carbonyl (C=O) groups excluding carboxylic acids is 1. The van der Waals surface area contributed by atoms with Crippen LogP contribution in [0.2, 0.25) is 0 Å². The Balaban J connectivity index is 2.46. The molecule has 1 rings (SSSR count). The van der Waals surface area contributed by atoms with E-state index in [9.17, 15) is 4.79 Å². The Bertz CT molecular complexity index is 238. The van der Waals surface area contributed by atoms with Gasteiger partial charge >= 0.3 is 0 Å². The number of carbonyl (C=O) groups is 1. The van der Waals surface area contributed by atoms with Gasteiger partial charge in [-0.15, -0.1) is 0 Å². The van der Waals surface area contributed by atoms with Gasteiger partial charge in [0.1, 0.15) is 0 Å². The van der Waals surface area contributed by atoms with Crippen LogP contribution in [0.3, 0.4) is 0 Å². The summed E-state index contributed by atoms with van der Waals surface area (Å²) in [6, 6.07) is -0.0773. The molecule has 0 aromatic carbocycles. The van der Waals surface area contributed by atoms with Gasteiger partial charge in [0, 0.05) is 5.92 Å². The molecule has 0 spiro atoms. The van der Waals surface area contributed by atoms with Crippen LogP contribution in [0.4, 0.5) is 0 Å². The van der Waals surface area contributed by atoms with Crippen LogP contribution in [0.25, 0.3) is 0 Å². The Morgan fingerprint density at radius 1 is 1.64 bits per heavy atom. The van der Waals surface area contributed by atoms with Crippen LogP contribution >= 0.6 is 12.2 Å². The molecule has 1 amide bonds. The van der Waals surface area contributed by atoms with E-state index < -0.39 is 0 Å². The first-order chi connectivity index (χ1) is 6.56. The predicted molar refractivity (Wildman–Crippen MR) is 60.9 cm³/mol. The van der Waals surface area contributed by atoms with Crippen molar-refractivity contribution in [1.29, 1.82) is 0 Å². The van der Waals surface area contributed by atoms with Crippen LogP contribution in [0, 0.1) is 11.8 Å². The molecule has 80 valence electrons. The van der Waals surface area contributed by atoms with Gasteiger partial charge < -0.3 is 11.1 Å². The topological polar surface area (TPSA) is 55.1 Å². The number of hydrogen-bond acceptors (Lipinski definition) is 2. The fourth-order valence-corrected chi connectivity index (χ4v) is 1.58. The van der Waals surface area contributed by atoms with Crippen molar-refractivity contribution in [2.45, 2.75) is 39.2 Å². The lowest BCUT2D eigenvalue weighted by Gasteiger charge is -2.18. The highest BCUT2D eigenvalue weighted by Crippen LogP contribution is 2.32. The first-order valence-corrected chi connectivity index (χ1v) is 5.56. The predicted octanol–water partition coefficient (Wildman–Crippen LogP) is 1.21. The second-order valence-corrected chi connectivity index (χ2v) is 4.51. The van der Waals surface area contributed by atoms with Gasteiger partial charge in [-0.2, -0.15) is 0 Å². The van der Waals surface area contributed by atoms with E-state index in [1.165, 1.54) is 0 Å². The number of hydrogen-bond donors (Lipinski definition) is 2. The van der Waals surface area contributed by atoms with E-state index >= 15 is 0 Å². The van der Waals surface area contributed by atoms with Gasteiger partial charge in [-0.3, -0.25) is 4.79 Å². The summed E-state index contributed by atoms with van der Waals surface area (Å²) in [5, 5.41) is 2.92. The minimum atomic E-state index is -0.0773. The minimum Gasteiger partial charge on any atom is -0.392 e. The molecule has 0 aromatic heterocycles. The highest BCUT2D eigenvalue weighted by molar-refractivity contribution is 7.80. The van der Waals surface area contributed by atoms with Crippen molar-refractivity contribution in [3.8, 4) is 0 Å². The SMILES string of the molecule is CCC(C)C(=O)NC(C(N)=S)C1CC1. The van der Waals surface area contributed by atoms with E-state index in [1.54, 1.807) is 0 Å². The third-order valence-electron chi connectivity index (χ3n) is 2.76. The van der Waals surface area contributed by atoms with Crippen LogP contribution in [0.1, 0.15) is 33.1 Å². The molecule has 3 N–H and O–H groups in total. The average Bonchev–Trinajstić information content (AvgIpc) is 2.95. The molecule has 3 nitrogen and oxygen atoms in total. The van der Waals surface area contributed by atoms with Crippen molar-refractivity contribution in [2.75, 3.05) is 0 Å². The van der Waals surface area contributed by atoms with Gasteiger partial charge in [-0.25, -0.2) is 0 Å². The summed E-state index contributed by atoms with van der Waals surface area (Å²) < 4.78 is 0. The summed E-state index contributed by atoms with van der Waals surface area (Å²) in [6.45, 7) is 3.91. The number of nitrogens with two attached hydrogens (primary N) is 1. The molecule has 0 bridgehead atoms. The highest BCUT2D eigenvalue weighted by Gasteiger charge is 2.34. The summed E-state index contributed by atoms with van der Waals surface area (Å²) in [7, 11) is 0. The number of amides is 1. The number of thiocarbonyl (C=S) groups is 1. The standard InChI is InChI=1S/C10H18N2OS/c1-3-6(2)10(13)12-8(9(11)14)7-4-5-7/h6-8H,3-5H2,1-2H3,(H2,11,14)(H,12,13). The molecule has 1 fully saturated rings. The van der Waals surface area contributed by atoms with Crippen LogP contribution in [-0.4, -0.2) is 16.9 Å². The van der Waals surface area contributed by atoms with Crippen molar-refractivity contribution in [2.24, 2.45) is 17.6 Å². The Morgan fingerprint density at radius 2 is 2.21 bits per heavy atom. The van der Waals surface area contributed by atoms with Gasteiger partial charge in [0.25, 0.3) is 0 Å². The van der Waals surface area contributed by atoms with Crippen LogP contribution in [0.15, 0.2) is 0 Å². The summed E-state index contributed by atoms with van der Waals surface area (Å²) in [5.74, 6) is 0.600. The van der Waals surface area contributed by atoms with Crippen molar-refractivity contribution in [3.63, 3.8) is 0 Å². The van der Waals surface area contributed by atoms with E-state index in [1.807, 2.05) is 13.8 Å². The fourth-order valence-electron chi connectivity index (χ4n) is 1.33. The molecule has 1 saturated carbocycles. The maximum absolute atomic E-state index is 11.6. The minimum absolute atomic E-state index is 0.0469. The lowest BCUT2D eigenvalue weighted by Crippen LogP contribution is -2.46. The maximum atomic E-state index is 11.6. The Labute approximate surface area is 90.4 Å².